The average Bonchev–Trinajstić information content (AvgIpc) is 2.30. The van der Waals surface area contributed by atoms with Gasteiger partial charge in [-0.3, -0.25) is 4.79 Å². The van der Waals surface area contributed by atoms with Crippen LogP contribution in [0.5, 0.6) is 0 Å². The topological polar surface area (TPSA) is 119 Å². The molecule has 1 aromatic rings. The second-order valence-electron chi connectivity index (χ2n) is 3.99. The first-order valence-electron chi connectivity index (χ1n) is 4.89. The zero-order chi connectivity index (χ0) is 14.0. The second kappa shape index (κ2) is 5.37. The molecule has 7 nitrogen and oxygen atoms in total. The van der Waals surface area contributed by atoms with Crippen LogP contribution in [0.25, 0.3) is 0 Å². The summed E-state index contributed by atoms with van der Waals surface area (Å²) in [4.78, 5) is 12.9. The van der Waals surface area contributed by atoms with E-state index in [1.165, 1.54) is 6.92 Å². The molecule has 0 aromatic carbocycles. The summed E-state index contributed by atoms with van der Waals surface area (Å²) < 4.78 is 25.6. The van der Waals surface area contributed by atoms with E-state index in [2.05, 4.69) is 9.71 Å². The molecule has 4 N–H and O–H groups in total. The standard InChI is InChI=1S/C9H13ClN2O5S/c1-9(15,5-13)4-12-18(16,17)6-2-7(10)8(14)11-3-6/h2-3,12-13,15H,4-5H2,1H3,(H,11,14). The number of rotatable bonds is 5. The van der Waals surface area contributed by atoms with E-state index in [9.17, 15) is 18.3 Å². The van der Waals surface area contributed by atoms with E-state index in [0.717, 1.165) is 12.3 Å². The van der Waals surface area contributed by atoms with Gasteiger partial charge in [0.2, 0.25) is 10.0 Å². The van der Waals surface area contributed by atoms with Crippen LogP contribution in [0.2, 0.25) is 5.02 Å². The van der Waals surface area contributed by atoms with Crippen molar-refractivity contribution in [1.82, 2.24) is 9.71 Å². The normalized spacial score (nSPS) is 15.3. The molecule has 1 rings (SSSR count). The maximum Gasteiger partial charge on any atom is 0.266 e. The summed E-state index contributed by atoms with van der Waals surface area (Å²) in [7, 11) is -3.92. The molecule has 0 fully saturated rings. The number of aliphatic hydroxyl groups is 2. The van der Waals surface area contributed by atoms with Gasteiger partial charge in [-0.05, 0) is 13.0 Å². The van der Waals surface area contributed by atoms with Gasteiger partial charge in [-0.2, -0.15) is 0 Å². The predicted molar refractivity (Wildman–Crippen MR) is 65.0 cm³/mol. The van der Waals surface area contributed by atoms with Crippen LogP contribution in [0.15, 0.2) is 22.0 Å². The molecule has 0 aliphatic heterocycles. The third-order valence-electron chi connectivity index (χ3n) is 2.13. The van der Waals surface area contributed by atoms with Gasteiger partial charge in [-0.25, -0.2) is 13.1 Å². The summed E-state index contributed by atoms with van der Waals surface area (Å²) in [5.41, 5.74) is -2.17. The Balaban J connectivity index is 2.94. The van der Waals surface area contributed by atoms with Crippen molar-refractivity contribution in [3.63, 3.8) is 0 Å². The zero-order valence-electron chi connectivity index (χ0n) is 9.47. The van der Waals surface area contributed by atoms with Crippen molar-refractivity contribution in [3.8, 4) is 0 Å². The van der Waals surface area contributed by atoms with Crippen molar-refractivity contribution in [2.24, 2.45) is 0 Å². The quantitative estimate of drug-likeness (QED) is 0.558. The van der Waals surface area contributed by atoms with E-state index in [1.54, 1.807) is 0 Å². The minimum absolute atomic E-state index is 0.235. The molecule has 0 bridgehead atoms. The lowest BCUT2D eigenvalue weighted by molar-refractivity contribution is 0.00681. The Kier molecular flexibility index (Phi) is 4.51. The molecular formula is C9H13ClN2O5S. The molecule has 0 spiro atoms. The summed E-state index contributed by atoms with van der Waals surface area (Å²) >= 11 is 5.51. The number of nitrogens with one attached hydrogen (secondary N) is 2. The van der Waals surface area contributed by atoms with E-state index < -0.39 is 27.8 Å². The number of aromatic amines is 1. The molecule has 1 unspecified atom stereocenters. The van der Waals surface area contributed by atoms with Gasteiger partial charge in [0.15, 0.2) is 0 Å². The molecule has 1 aromatic heterocycles. The van der Waals surface area contributed by atoms with Crippen molar-refractivity contribution in [2.75, 3.05) is 13.2 Å². The molecule has 0 saturated carbocycles. The molecule has 18 heavy (non-hydrogen) atoms. The first kappa shape index (κ1) is 15.1. The van der Waals surface area contributed by atoms with Gasteiger partial charge >= 0.3 is 0 Å². The third-order valence-corrected chi connectivity index (χ3v) is 3.79. The Labute approximate surface area is 108 Å². The molecule has 0 amide bonds. The first-order valence-corrected chi connectivity index (χ1v) is 6.75. The smallest absolute Gasteiger partial charge is 0.266 e. The van der Waals surface area contributed by atoms with Crippen LogP contribution >= 0.6 is 11.6 Å². The van der Waals surface area contributed by atoms with E-state index in [-0.39, 0.29) is 16.5 Å². The lowest BCUT2D eigenvalue weighted by Crippen LogP contribution is -2.43. The molecule has 0 aliphatic rings. The van der Waals surface area contributed by atoms with E-state index in [0.29, 0.717) is 0 Å². The highest BCUT2D eigenvalue weighted by Gasteiger charge is 2.23. The molecule has 9 heteroatoms. The maximum absolute atomic E-state index is 11.8. The van der Waals surface area contributed by atoms with Crippen molar-refractivity contribution >= 4 is 21.6 Å². The van der Waals surface area contributed by atoms with E-state index >= 15 is 0 Å². The van der Waals surface area contributed by atoms with Gasteiger partial charge < -0.3 is 15.2 Å². The van der Waals surface area contributed by atoms with Gasteiger partial charge in [-0.1, -0.05) is 11.6 Å². The summed E-state index contributed by atoms with van der Waals surface area (Å²) in [6, 6.07) is 0.996. The highest BCUT2D eigenvalue weighted by Crippen LogP contribution is 2.11. The molecule has 0 radical (unpaired) electrons. The minimum atomic E-state index is -3.92. The number of hydrogen-bond acceptors (Lipinski definition) is 5. The van der Waals surface area contributed by atoms with Gasteiger partial charge in [-0.15, -0.1) is 0 Å². The Morgan fingerprint density at radius 2 is 2.17 bits per heavy atom. The lowest BCUT2D eigenvalue weighted by Gasteiger charge is -2.20. The molecule has 0 saturated heterocycles. The van der Waals surface area contributed by atoms with Crippen LogP contribution in [0, 0.1) is 0 Å². The first-order chi connectivity index (χ1) is 8.18. The average molecular weight is 297 g/mol. The second-order valence-corrected chi connectivity index (χ2v) is 6.17. The minimum Gasteiger partial charge on any atom is -0.393 e. The monoisotopic (exact) mass is 296 g/mol. The van der Waals surface area contributed by atoms with Crippen molar-refractivity contribution in [1.29, 1.82) is 0 Å². The Bertz CT molecular complexity index is 581. The SMILES string of the molecule is CC(O)(CO)CNS(=O)(=O)c1c[nH]c(=O)c(Cl)c1. The number of H-pyrrole nitrogens is 1. The van der Waals surface area contributed by atoms with Crippen molar-refractivity contribution < 1.29 is 18.6 Å². The predicted octanol–water partition coefficient (Wildman–Crippen LogP) is -0.950. The fourth-order valence-electron chi connectivity index (χ4n) is 0.983. The molecular weight excluding hydrogens is 284 g/mol. The highest BCUT2D eigenvalue weighted by molar-refractivity contribution is 7.89. The number of sulfonamides is 1. The largest absolute Gasteiger partial charge is 0.393 e. The highest BCUT2D eigenvalue weighted by atomic mass is 35.5. The summed E-state index contributed by atoms with van der Waals surface area (Å²) in [6.45, 7) is 0.305. The lowest BCUT2D eigenvalue weighted by atomic mass is 10.1. The van der Waals surface area contributed by atoms with Gasteiger partial charge in [0.1, 0.15) is 5.02 Å². The fraction of sp³-hybridized carbons (Fsp3) is 0.444. The maximum atomic E-state index is 11.8. The third kappa shape index (κ3) is 3.79. The summed E-state index contributed by atoms with van der Waals surface area (Å²) in [5, 5.41) is 18.0. The van der Waals surface area contributed by atoms with Gasteiger partial charge in [0, 0.05) is 12.7 Å². The van der Waals surface area contributed by atoms with Gasteiger partial charge in [0.05, 0.1) is 17.1 Å². The Hall–Kier alpha value is -0.930. The number of aliphatic hydroxyl groups excluding tert-OH is 1. The van der Waals surface area contributed by atoms with Crippen molar-refractivity contribution in [2.45, 2.75) is 17.4 Å². The van der Waals surface area contributed by atoms with Crippen LogP contribution in [-0.4, -0.2) is 42.4 Å². The van der Waals surface area contributed by atoms with E-state index in [1.807, 2.05) is 0 Å². The van der Waals surface area contributed by atoms with Crippen molar-refractivity contribution in [3.05, 3.63) is 27.6 Å². The van der Waals surface area contributed by atoms with E-state index in [4.69, 9.17) is 16.7 Å². The number of hydrogen-bond donors (Lipinski definition) is 4. The molecule has 1 heterocycles. The number of halogens is 1. The molecule has 1 atom stereocenters. The van der Waals surface area contributed by atoms with Gasteiger partial charge in [0.25, 0.3) is 5.56 Å². The molecule has 102 valence electrons. The Morgan fingerprint density at radius 1 is 1.56 bits per heavy atom. The summed E-state index contributed by atoms with van der Waals surface area (Å²) in [6.07, 6.45) is 0.990. The Morgan fingerprint density at radius 3 is 2.67 bits per heavy atom. The number of pyridine rings is 1. The van der Waals surface area contributed by atoms with Crippen LogP contribution in [0.4, 0.5) is 0 Å². The fourth-order valence-corrected chi connectivity index (χ4v) is 2.37. The van der Waals surface area contributed by atoms with Crippen LogP contribution in [0.3, 0.4) is 0 Å². The van der Waals surface area contributed by atoms with Crippen LogP contribution < -0.4 is 10.3 Å². The molecule has 0 aliphatic carbocycles. The zero-order valence-corrected chi connectivity index (χ0v) is 11.0. The number of aromatic nitrogens is 1. The summed E-state index contributed by atoms with van der Waals surface area (Å²) in [5.74, 6) is 0. The van der Waals surface area contributed by atoms with Crippen LogP contribution in [0.1, 0.15) is 6.92 Å². The van der Waals surface area contributed by atoms with Crippen LogP contribution in [-0.2, 0) is 10.0 Å².